The molecule has 40 heavy (non-hydrogen) atoms. The first-order valence-electron chi connectivity index (χ1n) is 14.1. The molecule has 5 aromatic carbocycles. The van der Waals surface area contributed by atoms with Crippen LogP contribution in [0.1, 0.15) is 53.4 Å². The van der Waals surface area contributed by atoms with E-state index in [-0.39, 0.29) is 43.5 Å². The minimum absolute atomic E-state index is 0. The van der Waals surface area contributed by atoms with E-state index in [4.69, 9.17) is 0 Å². The number of rotatable bonds is 7. The van der Waals surface area contributed by atoms with E-state index in [1.807, 2.05) is 27.7 Å². The second kappa shape index (κ2) is 12.8. The van der Waals surface area contributed by atoms with E-state index < -0.39 is 0 Å². The van der Waals surface area contributed by atoms with Gasteiger partial charge in [-0.15, -0.1) is 23.6 Å². The smallest absolute Gasteiger partial charge is 0.162 e. The van der Waals surface area contributed by atoms with Crippen LogP contribution in [-0.2, 0) is 24.9 Å². The number of aromatic nitrogens is 2. The minimum atomic E-state index is 0. The topological polar surface area (TPSA) is 63.1 Å². The van der Waals surface area contributed by atoms with Gasteiger partial charge in [0.1, 0.15) is 6.33 Å². The van der Waals surface area contributed by atoms with Gasteiger partial charge >= 0.3 is 0 Å². The zero-order chi connectivity index (χ0) is 27.5. The molecular weight excluding hydrogens is 673 g/mol. The molecule has 0 aliphatic heterocycles. The van der Waals surface area contributed by atoms with Crippen LogP contribution in [0.5, 0.6) is 0 Å². The molecule has 0 aliphatic rings. The maximum Gasteiger partial charge on any atom is 0.162 e. The third-order valence-electron chi connectivity index (χ3n) is 8.04. The van der Waals surface area contributed by atoms with Crippen molar-refractivity contribution in [1.82, 2.24) is 9.97 Å². The standard InChI is InChI=1S/C22H11N2.C13H24O2.Ir/c1-2-5-15-11-18-17(10-14(15)4-1)16-7-3-6-13-8-9-19-21(20(13)16)22(18)24-12-23-19;1-5-10(6-2)12(14)9-13(15)11(7-3)8-4;/h1-10,12H;9-11,14H,5-8H2,1-4H3;/q-1;;/b;12-9-;. The molecule has 0 fully saturated rings. The fraction of sp³-hybridized carbons (Fsp3) is 0.286. The summed E-state index contributed by atoms with van der Waals surface area (Å²) in [7, 11) is 0. The van der Waals surface area contributed by atoms with Gasteiger partial charge in [-0.3, -0.25) is 9.78 Å². The molecule has 207 valence electrons. The first-order chi connectivity index (χ1) is 19.0. The fourth-order valence-electron chi connectivity index (χ4n) is 5.69. The summed E-state index contributed by atoms with van der Waals surface area (Å²) in [6.45, 7) is 8.07. The second-order valence-corrected chi connectivity index (χ2v) is 10.2. The largest absolute Gasteiger partial charge is 0.512 e. The summed E-state index contributed by atoms with van der Waals surface area (Å²) in [4.78, 5) is 20.8. The summed E-state index contributed by atoms with van der Waals surface area (Å²) in [5, 5.41) is 19.2. The van der Waals surface area contributed by atoms with E-state index in [2.05, 4.69) is 76.7 Å². The van der Waals surface area contributed by atoms with Crippen molar-refractivity contribution in [2.24, 2.45) is 11.8 Å². The van der Waals surface area contributed by atoms with Crippen molar-refractivity contribution in [3.8, 4) is 0 Å². The van der Waals surface area contributed by atoms with Crippen molar-refractivity contribution in [2.75, 3.05) is 0 Å². The summed E-state index contributed by atoms with van der Waals surface area (Å²) in [5.74, 6) is 0.547. The molecule has 0 amide bonds. The van der Waals surface area contributed by atoms with Crippen LogP contribution in [0.2, 0.25) is 0 Å². The minimum Gasteiger partial charge on any atom is -0.512 e. The predicted octanol–water partition coefficient (Wildman–Crippen LogP) is 9.35. The Kier molecular flexibility index (Phi) is 9.50. The van der Waals surface area contributed by atoms with Crippen molar-refractivity contribution >= 4 is 59.9 Å². The summed E-state index contributed by atoms with van der Waals surface area (Å²) in [6, 6.07) is 24.9. The van der Waals surface area contributed by atoms with Crippen molar-refractivity contribution in [3.05, 3.63) is 84.9 Å². The third-order valence-corrected chi connectivity index (χ3v) is 8.04. The van der Waals surface area contributed by atoms with Gasteiger partial charge in [0.05, 0.1) is 11.3 Å². The van der Waals surface area contributed by atoms with E-state index >= 15 is 0 Å². The van der Waals surface area contributed by atoms with Gasteiger partial charge in [-0.05, 0) is 47.9 Å². The van der Waals surface area contributed by atoms with Crippen LogP contribution in [-0.4, -0.2) is 20.9 Å². The van der Waals surface area contributed by atoms with Crippen LogP contribution in [0.4, 0.5) is 0 Å². The van der Waals surface area contributed by atoms with Gasteiger partial charge in [0, 0.05) is 48.9 Å². The van der Waals surface area contributed by atoms with Gasteiger partial charge in [-0.25, -0.2) is 4.98 Å². The number of nitrogens with zero attached hydrogens (tertiary/aromatic N) is 2. The van der Waals surface area contributed by atoms with Crippen LogP contribution in [0.3, 0.4) is 0 Å². The monoisotopic (exact) mass is 708 g/mol. The van der Waals surface area contributed by atoms with Gasteiger partial charge in [0.2, 0.25) is 0 Å². The molecule has 5 heteroatoms. The number of benzene rings is 5. The van der Waals surface area contributed by atoms with E-state index in [1.54, 1.807) is 6.33 Å². The number of aliphatic hydroxyl groups excluding tert-OH is 1. The molecule has 6 rings (SSSR count). The van der Waals surface area contributed by atoms with Gasteiger partial charge in [-0.2, -0.15) is 0 Å². The molecule has 0 atom stereocenters. The van der Waals surface area contributed by atoms with E-state index in [9.17, 15) is 9.90 Å². The number of hydrogen-bond donors (Lipinski definition) is 1. The molecule has 0 unspecified atom stereocenters. The molecule has 1 N–H and O–H groups in total. The Balaban J connectivity index is 0.000000204. The number of hydrogen-bond acceptors (Lipinski definition) is 4. The summed E-state index contributed by atoms with van der Waals surface area (Å²) < 4.78 is 0. The van der Waals surface area contributed by atoms with Crippen LogP contribution < -0.4 is 0 Å². The quantitative estimate of drug-likeness (QED) is 0.0591. The molecule has 0 bridgehead atoms. The van der Waals surface area contributed by atoms with Crippen LogP contribution in [0, 0.1) is 17.9 Å². The molecular formula is C35H35IrN2O2-. The summed E-state index contributed by atoms with van der Waals surface area (Å²) in [5.41, 5.74) is 1.98. The Morgan fingerprint density at radius 1 is 0.825 bits per heavy atom. The van der Waals surface area contributed by atoms with Crippen molar-refractivity contribution in [3.63, 3.8) is 0 Å². The molecule has 4 nitrogen and oxygen atoms in total. The van der Waals surface area contributed by atoms with Crippen molar-refractivity contribution < 1.29 is 30.0 Å². The van der Waals surface area contributed by atoms with Crippen LogP contribution in [0.15, 0.2) is 78.8 Å². The van der Waals surface area contributed by atoms with Crippen LogP contribution >= 0.6 is 0 Å². The predicted molar refractivity (Wildman–Crippen MR) is 163 cm³/mol. The number of carbonyl (C=O) groups is 1. The second-order valence-electron chi connectivity index (χ2n) is 10.2. The average molecular weight is 708 g/mol. The zero-order valence-electron chi connectivity index (χ0n) is 23.5. The number of carbonyl (C=O) groups excluding carboxylic acids is 1. The molecule has 1 radical (unpaired) electrons. The molecule has 0 saturated heterocycles. The maximum absolute atomic E-state index is 11.7. The maximum atomic E-state index is 11.7. The molecule has 0 aliphatic carbocycles. The van der Waals surface area contributed by atoms with E-state index in [1.165, 1.54) is 33.0 Å². The molecule has 0 spiro atoms. The van der Waals surface area contributed by atoms with Crippen LogP contribution in [0.25, 0.3) is 54.1 Å². The Bertz CT molecular complexity index is 1690. The SMILES string of the molecule is CCC(CC)C(=O)/C=C(\O)C(CC)CC.[Ir].[c-]1c2ccccc2cc2c1c1ncnc3ccc4cccc2c4c31. The third kappa shape index (κ3) is 5.46. The van der Waals surface area contributed by atoms with E-state index in [0.29, 0.717) is 0 Å². The molecule has 1 heterocycles. The molecule has 1 aromatic heterocycles. The van der Waals surface area contributed by atoms with Gasteiger partial charge in [-0.1, -0.05) is 86.3 Å². The zero-order valence-corrected chi connectivity index (χ0v) is 25.9. The van der Waals surface area contributed by atoms with Gasteiger partial charge < -0.3 is 5.11 Å². The normalized spacial score (nSPS) is 12.0. The summed E-state index contributed by atoms with van der Waals surface area (Å²) in [6.07, 6.45) is 6.56. The Hall–Kier alpha value is -3.40. The first kappa shape index (κ1) is 29.6. The average Bonchev–Trinajstić information content (AvgIpc) is 2.97. The fourth-order valence-corrected chi connectivity index (χ4v) is 5.69. The Morgan fingerprint density at radius 3 is 2.25 bits per heavy atom. The van der Waals surface area contributed by atoms with Gasteiger partial charge in [0.25, 0.3) is 0 Å². The van der Waals surface area contributed by atoms with E-state index in [0.717, 1.165) is 52.9 Å². The first-order valence-corrected chi connectivity index (χ1v) is 14.1. The van der Waals surface area contributed by atoms with Crippen molar-refractivity contribution in [1.29, 1.82) is 0 Å². The van der Waals surface area contributed by atoms with Gasteiger partial charge in [0.15, 0.2) is 5.78 Å². The number of fused-ring (bicyclic) bond motifs is 4. The van der Waals surface area contributed by atoms with Crippen molar-refractivity contribution in [2.45, 2.75) is 53.4 Å². The number of allylic oxidation sites excluding steroid dienone is 2. The number of aliphatic hydroxyl groups is 1. The Morgan fingerprint density at radius 2 is 1.52 bits per heavy atom. The Labute approximate surface area is 249 Å². The molecule has 0 saturated carbocycles. The number of ketones is 1. The molecule has 6 aromatic rings. The summed E-state index contributed by atoms with van der Waals surface area (Å²) >= 11 is 0.